The van der Waals surface area contributed by atoms with E-state index in [1.165, 1.54) is 8.66 Å². The summed E-state index contributed by atoms with van der Waals surface area (Å²) in [5.74, 6) is 1.14. The largest absolute Gasteiger partial charge is 0.333 e. The molecule has 4 nitrogen and oxygen atoms in total. The molecule has 0 bridgehead atoms. The van der Waals surface area contributed by atoms with Gasteiger partial charge < -0.3 is 10.3 Å². The topological polar surface area (TPSA) is 47.1 Å². The Labute approximate surface area is 131 Å². The van der Waals surface area contributed by atoms with Crippen LogP contribution in [0.3, 0.4) is 0 Å². The maximum atomic E-state index is 6.41. The Hall–Kier alpha value is -0.690. The van der Waals surface area contributed by atoms with Crippen molar-refractivity contribution in [2.75, 3.05) is 6.54 Å². The van der Waals surface area contributed by atoms with E-state index in [2.05, 4.69) is 55.6 Å². The fraction of sp³-hybridized carbons (Fsp3) is 0.500. The van der Waals surface area contributed by atoms with Crippen LogP contribution in [0.4, 0.5) is 0 Å². The number of hydrogen-bond acceptors (Lipinski definition) is 4. The van der Waals surface area contributed by atoms with Crippen molar-refractivity contribution in [3.63, 3.8) is 0 Å². The number of nitrogens with zero attached hydrogens (tertiary/aromatic N) is 3. The van der Waals surface area contributed by atoms with E-state index in [1.807, 2.05) is 6.20 Å². The predicted molar refractivity (Wildman–Crippen MR) is 85.7 cm³/mol. The van der Waals surface area contributed by atoms with Crippen LogP contribution in [0.15, 0.2) is 28.3 Å². The molecule has 2 aromatic heterocycles. The number of halogens is 1. The lowest BCUT2D eigenvalue weighted by atomic mass is 10.0. The van der Waals surface area contributed by atoms with Crippen molar-refractivity contribution in [1.82, 2.24) is 14.5 Å². The number of thiophene rings is 1. The molecule has 2 atom stereocenters. The van der Waals surface area contributed by atoms with Crippen LogP contribution in [-0.2, 0) is 13.1 Å². The Kier molecular flexibility index (Phi) is 4.26. The molecular weight excluding hydrogens is 336 g/mol. The quantitative estimate of drug-likeness (QED) is 0.917. The first-order valence-corrected chi connectivity index (χ1v) is 8.55. The van der Waals surface area contributed by atoms with Gasteiger partial charge in [0.25, 0.3) is 0 Å². The van der Waals surface area contributed by atoms with Crippen LogP contribution in [0, 0.1) is 0 Å². The van der Waals surface area contributed by atoms with Gasteiger partial charge in [-0.05, 0) is 34.5 Å². The average molecular weight is 355 g/mol. The van der Waals surface area contributed by atoms with Gasteiger partial charge in [0, 0.05) is 36.4 Å². The van der Waals surface area contributed by atoms with Crippen molar-refractivity contribution >= 4 is 27.3 Å². The second-order valence-electron chi connectivity index (χ2n) is 5.17. The smallest absolute Gasteiger partial charge is 0.122 e. The molecule has 2 unspecified atom stereocenters. The van der Waals surface area contributed by atoms with Gasteiger partial charge in [0.1, 0.15) is 5.82 Å². The highest BCUT2D eigenvalue weighted by Crippen LogP contribution is 2.34. The number of hydrogen-bond donors (Lipinski definition) is 1. The number of nitrogens with two attached hydrogens (primary N) is 1. The van der Waals surface area contributed by atoms with Gasteiger partial charge in [0.15, 0.2) is 0 Å². The summed E-state index contributed by atoms with van der Waals surface area (Å²) in [7, 11) is 0. The molecule has 0 aromatic carbocycles. The minimum atomic E-state index is 0.155. The summed E-state index contributed by atoms with van der Waals surface area (Å²) in [6, 6.07) is 4.74. The minimum Gasteiger partial charge on any atom is -0.333 e. The summed E-state index contributed by atoms with van der Waals surface area (Å²) in [5, 5.41) is 0. The zero-order valence-electron chi connectivity index (χ0n) is 11.5. The highest BCUT2D eigenvalue weighted by molar-refractivity contribution is 9.11. The highest BCUT2D eigenvalue weighted by Gasteiger charge is 2.30. The highest BCUT2D eigenvalue weighted by atomic mass is 79.9. The standard InChI is InChI=1S/C14H19BrN4S/c1-2-10(16)14(11-3-4-12(15)20-11)19-8-7-18-6-5-17-13(18)9-19/h3-6,10,14H,2,7-9,16H2,1H3. The average Bonchev–Trinajstić information content (AvgIpc) is 3.07. The van der Waals surface area contributed by atoms with E-state index in [9.17, 15) is 0 Å². The lowest BCUT2D eigenvalue weighted by molar-refractivity contribution is 0.132. The summed E-state index contributed by atoms with van der Waals surface area (Å²) in [6.07, 6.45) is 4.92. The molecule has 0 amide bonds. The molecule has 1 aliphatic heterocycles. The second-order valence-corrected chi connectivity index (χ2v) is 7.66. The Balaban J connectivity index is 1.87. The molecule has 0 aliphatic carbocycles. The maximum Gasteiger partial charge on any atom is 0.122 e. The van der Waals surface area contributed by atoms with Gasteiger partial charge in [0.2, 0.25) is 0 Å². The third-order valence-corrected chi connectivity index (χ3v) is 5.62. The van der Waals surface area contributed by atoms with E-state index in [-0.39, 0.29) is 12.1 Å². The van der Waals surface area contributed by atoms with Crippen molar-refractivity contribution in [2.24, 2.45) is 5.73 Å². The monoisotopic (exact) mass is 354 g/mol. The molecule has 2 N–H and O–H groups in total. The van der Waals surface area contributed by atoms with Crippen LogP contribution in [-0.4, -0.2) is 27.0 Å². The van der Waals surface area contributed by atoms with Crippen LogP contribution >= 0.6 is 27.3 Å². The molecule has 108 valence electrons. The van der Waals surface area contributed by atoms with Gasteiger partial charge in [-0.25, -0.2) is 4.98 Å². The summed E-state index contributed by atoms with van der Waals surface area (Å²) in [6.45, 7) is 5.05. The molecule has 1 aliphatic rings. The Morgan fingerprint density at radius 2 is 2.30 bits per heavy atom. The van der Waals surface area contributed by atoms with Crippen LogP contribution in [0.25, 0.3) is 0 Å². The molecule has 6 heteroatoms. The van der Waals surface area contributed by atoms with Gasteiger partial charge in [-0.2, -0.15) is 0 Å². The van der Waals surface area contributed by atoms with Gasteiger partial charge in [-0.15, -0.1) is 11.3 Å². The first-order valence-electron chi connectivity index (χ1n) is 6.94. The predicted octanol–water partition coefficient (Wildman–Crippen LogP) is 3.00. The van der Waals surface area contributed by atoms with Gasteiger partial charge in [0.05, 0.1) is 16.4 Å². The number of imidazole rings is 1. The van der Waals surface area contributed by atoms with Gasteiger partial charge in [-0.3, -0.25) is 4.90 Å². The molecule has 0 fully saturated rings. The normalized spacial score (nSPS) is 18.8. The van der Waals surface area contributed by atoms with Crippen molar-refractivity contribution in [3.8, 4) is 0 Å². The van der Waals surface area contributed by atoms with Crippen molar-refractivity contribution in [3.05, 3.63) is 39.0 Å². The lowest BCUT2D eigenvalue weighted by Crippen LogP contribution is -2.44. The molecule has 3 heterocycles. The van der Waals surface area contributed by atoms with E-state index >= 15 is 0 Å². The van der Waals surface area contributed by atoms with Crippen LogP contribution in [0.5, 0.6) is 0 Å². The number of rotatable bonds is 4. The molecule has 0 saturated heterocycles. The zero-order valence-corrected chi connectivity index (χ0v) is 13.9. The molecule has 2 aromatic rings. The second kappa shape index (κ2) is 5.97. The fourth-order valence-electron chi connectivity index (χ4n) is 2.80. The Bertz CT molecular complexity index is 579. The van der Waals surface area contributed by atoms with Gasteiger partial charge >= 0.3 is 0 Å². The zero-order chi connectivity index (χ0) is 14.1. The van der Waals surface area contributed by atoms with E-state index in [0.717, 1.165) is 31.9 Å². The molecule has 0 spiro atoms. The summed E-state index contributed by atoms with van der Waals surface area (Å²) in [4.78, 5) is 8.25. The first kappa shape index (κ1) is 14.3. The van der Waals surface area contributed by atoms with Gasteiger partial charge in [-0.1, -0.05) is 6.92 Å². The van der Waals surface area contributed by atoms with E-state index in [4.69, 9.17) is 5.73 Å². The third-order valence-electron chi connectivity index (χ3n) is 3.93. The summed E-state index contributed by atoms with van der Waals surface area (Å²) in [5.41, 5.74) is 6.41. The number of aromatic nitrogens is 2. The molecular formula is C14H19BrN4S. The van der Waals surface area contributed by atoms with Crippen molar-refractivity contribution in [1.29, 1.82) is 0 Å². The van der Waals surface area contributed by atoms with Crippen molar-refractivity contribution in [2.45, 2.75) is 38.5 Å². The minimum absolute atomic E-state index is 0.155. The molecule has 0 saturated carbocycles. The fourth-order valence-corrected chi connectivity index (χ4v) is 4.44. The Morgan fingerprint density at radius 3 is 3.00 bits per heavy atom. The van der Waals surface area contributed by atoms with Crippen LogP contribution in [0.2, 0.25) is 0 Å². The van der Waals surface area contributed by atoms with E-state index in [1.54, 1.807) is 11.3 Å². The van der Waals surface area contributed by atoms with Crippen LogP contribution < -0.4 is 5.73 Å². The van der Waals surface area contributed by atoms with Crippen LogP contribution in [0.1, 0.15) is 30.1 Å². The summed E-state index contributed by atoms with van der Waals surface area (Å²) < 4.78 is 3.40. The van der Waals surface area contributed by atoms with E-state index < -0.39 is 0 Å². The van der Waals surface area contributed by atoms with E-state index in [0.29, 0.717) is 0 Å². The molecule has 0 radical (unpaired) electrons. The lowest BCUT2D eigenvalue weighted by Gasteiger charge is -2.37. The third kappa shape index (κ3) is 2.70. The maximum absolute atomic E-state index is 6.41. The number of fused-ring (bicyclic) bond motifs is 1. The first-order chi connectivity index (χ1) is 9.69. The van der Waals surface area contributed by atoms with Crippen molar-refractivity contribution < 1.29 is 0 Å². The SMILES string of the molecule is CCC(N)C(c1ccc(Br)s1)N1CCn2ccnc2C1. The summed E-state index contributed by atoms with van der Waals surface area (Å²) >= 11 is 5.34. The molecule has 20 heavy (non-hydrogen) atoms. The Morgan fingerprint density at radius 1 is 1.45 bits per heavy atom. The molecule has 3 rings (SSSR count).